The van der Waals surface area contributed by atoms with Crippen LogP contribution in [0.5, 0.6) is 0 Å². The molecular formula is C11H18O3. The zero-order chi connectivity index (χ0) is 11.1. The molecule has 0 aliphatic heterocycles. The molecule has 0 fully saturated rings. The van der Waals surface area contributed by atoms with Crippen LogP contribution in [-0.2, 0) is 9.53 Å². The van der Waals surface area contributed by atoms with Gasteiger partial charge in [-0.05, 0) is 0 Å². The standard InChI is InChI=1S/C11H18O3/c1-10(2)7(12)6-8(14-5)11(3,4)9(10)13/h6,9,13H,1-5H3. The molecule has 3 nitrogen and oxygen atoms in total. The highest BCUT2D eigenvalue weighted by atomic mass is 16.5. The van der Waals surface area contributed by atoms with Crippen molar-refractivity contribution in [3.05, 3.63) is 11.8 Å². The summed E-state index contributed by atoms with van der Waals surface area (Å²) < 4.78 is 5.12. The zero-order valence-corrected chi connectivity index (χ0v) is 9.42. The van der Waals surface area contributed by atoms with Crippen LogP contribution in [0.3, 0.4) is 0 Å². The lowest BCUT2D eigenvalue weighted by atomic mass is 9.65. The van der Waals surface area contributed by atoms with Gasteiger partial charge in [-0.1, -0.05) is 27.7 Å². The molecular weight excluding hydrogens is 180 g/mol. The Kier molecular flexibility index (Phi) is 2.48. The summed E-state index contributed by atoms with van der Waals surface area (Å²) in [7, 11) is 1.52. The first-order valence-corrected chi connectivity index (χ1v) is 4.73. The minimum absolute atomic E-state index is 0.0822. The van der Waals surface area contributed by atoms with E-state index in [1.165, 1.54) is 13.2 Å². The number of ether oxygens (including phenoxy) is 1. The van der Waals surface area contributed by atoms with Crippen LogP contribution in [0, 0.1) is 10.8 Å². The molecule has 0 bridgehead atoms. The number of hydrogen-bond acceptors (Lipinski definition) is 3. The number of allylic oxidation sites excluding steroid dienone is 1. The summed E-state index contributed by atoms with van der Waals surface area (Å²) in [6, 6.07) is 0. The summed E-state index contributed by atoms with van der Waals surface area (Å²) >= 11 is 0. The minimum Gasteiger partial charge on any atom is -0.500 e. The molecule has 1 N–H and O–H groups in total. The highest BCUT2D eigenvalue weighted by Crippen LogP contribution is 2.44. The van der Waals surface area contributed by atoms with E-state index in [0.717, 1.165) is 0 Å². The first-order valence-electron chi connectivity index (χ1n) is 4.73. The van der Waals surface area contributed by atoms with Crippen LogP contribution in [0.15, 0.2) is 11.8 Å². The highest BCUT2D eigenvalue weighted by molar-refractivity contribution is 5.96. The Hall–Kier alpha value is -0.830. The van der Waals surface area contributed by atoms with Crippen LogP contribution in [-0.4, -0.2) is 24.1 Å². The first-order chi connectivity index (χ1) is 6.24. The largest absolute Gasteiger partial charge is 0.500 e. The molecule has 1 atom stereocenters. The molecule has 1 aliphatic carbocycles. The molecule has 0 radical (unpaired) electrons. The van der Waals surface area contributed by atoms with Gasteiger partial charge in [-0.3, -0.25) is 4.79 Å². The van der Waals surface area contributed by atoms with Gasteiger partial charge < -0.3 is 9.84 Å². The molecule has 14 heavy (non-hydrogen) atoms. The van der Waals surface area contributed by atoms with E-state index in [1.54, 1.807) is 13.8 Å². The molecule has 0 spiro atoms. The normalized spacial score (nSPS) is 29.7. The van der Waals surface area contributed by atoms with E-state index in [4.69, 9.17) is 4.74 Å². The van der Waals surface area contributed by atoms with Crippen LogP contribution in [0.4, 0.5) is 0 Å². The SMILES string of the molecule is COC1=CC(=O)C(C)(C)C(O)C1(C)C. The van der Waals surface area contributed by atoms with E-state index >= 15 is 0 Å². The molecule has 1 aliphatic rings. The van der Waals surface area contributed by atoms with Crippen LogP contribution < -0.4 is 0 Å². The Balaban J connectivity index is 3.24. The van der Waals surface area contributed by atoms with E-state index in [1.807, 2.05) is 13.8 Å². The van der Waals surface area contributed by atoms with Gasteiger partial charge in [0.25, 0.3) is 0 Å². The van der Waals surface area contributed by atoms with Crippen molar-refractivity contribution in [2.75, 3.05) is 7.11 Å². The van der Waals surface area contributed by atoms with Gasteiger partial charge in [-0.15, -0.1) is 0 Å². The van der Waals surface area contributed by atoms with Crippen molar-refractivity contribution in [1.29, 1.82) is 0 Å². The quantitative estimate of drug-likeness (QED) is 0.694. The lowest BCUT2D eigenvalue weighted by Crippen LogP contribution is -2.50. The van der Waals surface area contributed by atoms with Crippen molar-refractivity contribution < 1.29 is 14.6 Å². The average Bonchev–Trinajstić information content (AvgIpc) is 2.09. The van der Waals surface area contributed by atoms with Gasteiger partial charge in [0.1, 0.15) is 5.76 Å². The number of aliphatic hydroxyl groups is 1. The van der Waals surface area contributed by atoms with Gasteiger partial charge in [0.2, 0.25) is 0 Å². The number of carbonyl (C=O) groups is 1. The molecule has 3 heteroatoms. The lowest BCUT2D eigenvalue weighted by Gasteiger charge is -2.43. The summed E-state index contributed by atoms with van der Waals surface area (Å²) in [5, 5.41) is 10.1. The van der Waals surface area contributed by atoms with E-state index < -0.39 is 16.9 Å². The summed E-state index contributed by atoms with van der Waals surface area (Å²) in [4.78, 5) is 11.7. The topological polar surface area (TPSA) is 46.5 Å². The summed E-state index contributed by atoms with van der Waals surface area (Å²) in [5.74, 6) is 0.468. The van der Waals surface area contributed by atoms with E-state index in [-0.39, 0.29) is 5.78 Å². The molecule has 0 saturated heterocycles. The van der Waals surface area contributed by atoms with Crippen molar-refractivity contribution in [2.45, 2.75) is 33.8 Å². The number of hydrogen-bond donors (Lipinski definition) is 1. The fraction of sp³-hybridized carbons (Fsp3) is 0.727. The van der Waals surface area contributed by atoms with Crippen LogP contribution in [0.25, 0.3) is 0 Å². The van der Waals surface area contributed by atoms with Crippen LogP contribution in [0.1, 0.15) is 27.7 Å². The second-order valence-corrected chi connectivity index (χ2v) is 4.92. The molecule has 1 rings (SSSR count). The van der Waals surface area contributed by atoms with E-state index in [2.05, 4.69) is 0 Å². The molecule has 80 valence electrons. The third-order valence-electron chi connectivity index (χ3n) is 3.12. The predicted molar refractivity (Wildman–Crippen MR) is 53.7 cm³/mol. The molecule has 0 aromatic carbocycles. The first kappa shape index (κ1) is 11.2. The van der Waals surface area contributed by atoms with E-state index in [0.29, 0.717) is 5.76 Å². The Bertz CT molecular complexity index is 287. The fourth-order valence-electron chi connectivity index (χ4n) is 1.98. The zero-order valence-electron chi connectivity index (χ0n) is 9.42. The molecule has 0 heterocycles. The van der Waals surface area contributed by atoms with Gasteiger partial charge in [-0.25, -0.2) is 0 Å². The van der Waals surface area contributed by atoms with Crippen molar-refractivity contribution in [1.82, 2.24) is 0 Å². The van der Waals surface area contributed by atoms with E-state index in [9.17, 15) is 9.90 Å². The summed E-state index contributed by atoms with van der Waals surface area (Å²) in [5.41, 5.74) is -1.24. The average molecular weight is 198 g/mol. The van der Waals surface area contributed by atoms with Crippen molar-refractivity contribution in [2.24, 2.45) is 10.8 Å². The maximum atomic E-state index is 11.7. The second kappa shape index (κ2) is 3.09. The Morgan fingerprint density at radius 1 is 1.29 bits per heavy atom. The second-order valence-electron chi connectivity index (χ2n) is 4.92. The number of methoxy groups -OCH3 is 1. The minimum atomic E-state index is -0.731. The number of rotatable bonds is 1. The molecule has 0 aromatic rings. The third-order valence-corrected chi connectivity index (χ3v) is 3.12. The molecule has 0 aromatic heterocycles. The number of ketones is 1. The van der Waals surface area contributed by atoms with Gasteiger partial charge in [0.15, 0.2) is 5.78 Å². The Labute approximate surface area is 84.8 Å². The highest BCUT2D eigenvalue weighted by Gasteiger charge is 2.49. The van der Waals surface area contributed by atoms with Gasteiger partial charge in [0.05, 0.1) is 18.6 Å². The third kappa shape index (κ3) is 1.36. The maximum Gasteiger partial charge on any atom is 0.167 e. The fourth-order valence-corrected chi connectivity index (χ4v) is 1.98. The number of aliphatic hydroxyl groups excluding tert-OH is 1. The smallest absolute Gasteiger partial charge is 0.167 e. The Morgan fingerprint density at radius 3 is 2.21 bits per heavy atom. The maximum absolute atomic E-state index is 11.7. The molecule has 0 saturated carbocycles. The predicted octanol–water partition coefficient (Wildman–Crippen LogP) is 1.51. The lowest BCUT2D eigenvalue weighted by molar-refractivity contribution is -0.137. The summed E-state index contributed by atoms with van der Waals surface area (Å²) in [6.07, 6.45) is 0.773. The van der Waals surface area contributed by atoms with Gasteiger partial charge >= 0.3 is 0 Å². The van der Waals surface area contributed by atoms with Crippen molar-refractivity contribution in [3.8, 4) is 0 Å². The van der Waals surface area contributed by atoms with Gasteiger partial charge in [-0.2, -0.15) is 0 Å². The monoisotopic (exact) mass is 198 g/mol. The van der Waals surface area contributed by atoms with Crippen LogP contribution >= 0.6 is 0 Å². The Morgan fingerprint density at radius 2 is 1.79 bits per heavy atom. The van der Waals surface area contributed by atoms with Crippen molar-refractivity contribution >= 4 is 5.78 Å². The summed E-state index contributed by atoms with van der Waals surface area (Å²) in [6.45, 7) is 7.26. The van der Waals surface area contributed by atoms with Crippen LogP contribution in [0.2, 0.25) is 0 Å². The van der Waals surface area contributed by atoms with Gasteiger partial charge in [0, 0.05) is 11.5 Å². The van der Waals surface area contributed by atoms with Crippen molar-refractivity contribution in [3.63, 3.8) is 0 Å². The molecule has 1 unspecified atom stereocenters. The molecule has 0 amide bonds. The number of carbonyl (C=O) groups excluding carboxylic acids is 1.